The highest BCUT2D eigenvalue weighted by Crippen LogP contribution is 2.29. The fourth-order valence-corrected chi connectivity index (χ4v) is 4.96. The van der Waals surface area contributed by atoms with E-state index in [2.05, 4.69) is 4.98 Å². The van der Waals surface area contributed by atoms with E-state index in [0.29, 0.717) is 13.1 Å². The van der Waals surface area contributed by atoms with Crippen molar-refractivity contribution in [3.8, 4) is 0 Å². The van der Waals surface area contributed by atoms with Crippen LogP contribution in [0.2, 0.25) is 0 Å². The summed E-state index contributed by atoms with van der Waals surface area (Å²) < 4.78 is 1.12. The minimum absolute atomic E-state index is 0.00359. The lowest BCUT2D eigenvalue weighted by Crippen LogP contribution is -2.34. The third kappa shape index (κ3) is 3.77. The zero-order valence-corrected chi connectivity index (χ0v) is 17.4. The molecule has 1 aliphatic rings. The molecule has 1 aromatic heterocycles. The highest BCUT2D eigenvalue weighted by Gasteiger charge is 2.36. The van der Waals surface area contributed by atoms with Gasteiger partial charge in [0.25, 0.3) is 0 Å². The van der Waals surface area contributed by atoms with Crippen molar-refractivity contribution in [1.82, 2.24) is 9.88 Å². The van der Waals surface area contributed by atoms with E-state index in [-0.39, 0.29) is 24.2 Å². The summed E-state index contributed by atoms with van der Waals surface area (Å²) in [5.74, 6) is -0.314. The van der Waals surface area contributed by atoms with Crippen molar-refractivity contribution in [3.05, 3.63) is 53.5 Å². The van der Waals surface area contributed by atoms with Crippen LogP contribution in [0, 0.1) is 5.92 Å². The van der Waals surface area contributed by atoms with Gasteiger partial charge >= 0.3 is 0 Å². The third-order valence-corrected chi connectivity index (χ3v) is 6.67. The summed E-state index contributed by atoms with van der Waals surface area (Å²) in [6, 6.07) is 15.9. The normalized spacial score (nSPS) is 16.7. The Morgan fingerprint density at radius 3 is 2.89 bits per heavy atom. The number of carbonyl (C=O) groups excluding carboxylic acids is 2. The van der Waals surface area contributed by atoms with Crippen molar-refractivity contribution in [3.63, 3.8) is 0 Å². The number of hydrogen-bond donors (Lipinski definition) is 0. The molecule has 5 nitrogen and oxygen atoms in total. The zero-order chi connectivity index (χ0) is 19.7. The van der Waals surface area contributed by atoms with Gasteiger partial charge in [-0.25, -0.2) is 4.98 Å². The van der Waals surface area contributed by atoms with Crippen LogP contribution in [-0.2, 0) is 16.1 Å². The van der Waals surface area contributed by atoms with Gasteiger partial charge in [0.15, 0.2) is 0 Å². The van der Waals surface area contributed by atoms with Crippen LogP contribution in [-0.4, -0.2) is 41.5 Å². The van der Waals surface area contributed by atoms with Crippen molar-refractivity contribution >= 4 is 50.8 Å². The summed E-state index contributed by atoms with van der Waals surface area (Å²) in [5, 5.41) is 0.908. The van der Waals surface area contributed by atoms with Gasteiger partial charge in [-0.05, 0) is 36.6 Å². The Morgan fingerprint density at radius 2 is 2.11 bits per heavy atom. The summed E-state index contributed by atoms with van der Waals surface area (Å²) in [6.45, 7) is 0.893. The Bertz CT molecular complexity index is 1000. The first-order valence-electron chi connectivity index (χ1n) is 9.09. The van der Waals surface area contributed by atoms with E-state index in [9.17, 15) is 9.59 Å². The molecule has 1 atom stereocenters. The third-order valence-electron chi connectivity index (χ3n) is 4.93. The van der Waals surface area contributed by atoms with Gasteiger partial charge in [-0.15, -0.1) is 23.1 Å². The van der Waals surface area contributed by atoms with Gasteiger partial charge in [0.2, 0.25) is 11.8 Å². The van der Waals surface area contributed by atoms with Crippen molar-refractivity contribution < 1.29 is 9.59 Å². The molecule has 0 N–H and O–H groups in total. The number of fused-ring (bicyclic) bond motifs is 1. The fourth-order valence-electron chi connectivity index (χ4n) is 3.48. The lowest BCUT2D eigenvalue weighted by atomic mass is 10.1. The van der Waals surface area contributed by atoms with Crippen LogP contribution in [0.1, 0.15) is 11.4 Å². The van der Waals surface area contributed by atoms with Crippen molar-refractivity contribution in [1.29, 1.82) is 0 Å². The topological polar surface area (TPSA) is 53.5 Å². The van der Waals surface area contributed by atoms with Crippen LogP contribution >= 0.6 is 23.1 Å². The summed E-state index contributed by atoms with van der Waals surface area (Å²) in [7, 11) is 1.79. The Morgan fingerprint density at radius 1 is 1.29 bits per heavy atom. The molecule has 1 aliphatic heterocycles. The van der Waals surface area contributed by atoms with Gasteiger partial charge in [-0.2, -0.15) is 0 Å². The van der Waals surface area contributed by atoms with Gasteiger partial charge in [0, 0.05) is 30.6 Å². The minimum Gasteiger partial charge on any atom is -0.339 e. The number of carbonyl (C=O) groups is 2. The van der Waals surface area contributed by atoms with Gasteiger partial charge in [0.1, 0.15) is 5.01 Å². The molecule has 28 heavy (non-hydrogen) atoms. The Kier molecular flexibility index (Phi) is 5.37. The molecule has 0 spiro atoms. The van der Waals surface area contributed by atoms with Crippen molar-refractivity contribution in [2.75, 3.05) is 24.7 Å². The van der Waals surface area contributed by atoms with Crippen LogP contribution in [0.15, 0.2) is 53.4 Å². The number of rotatable bonds is 5. The SMILES string of the molecule is CSc1cccc(N2CC(C(=O)N(C)Cc3nc4ccccc4s3)CC2=O)c1. The van der Waals surface area contributed by atoms with E-state index in [0.717, 1.165) is 25.8 Å². The lowest BCUT2D eigenvalue weighted by molar-refractivity contribution is -0.135. The van der Waals surface area contributed by atoms with E-state index >= 15 is 0 Å². The standard InChI is InChI=1S/C21H21N3O2S2/c1-23(13-19-22-17-8-3-4-9-18(17)28-19)21(26)14-10-20(25)24(12-14)15-6-5-7-16(11-15)27-2/h3-9,11,14H,10,12-13H2,1-2H3. The predicted octanol–water partition coefficient (Wildman–Crippen LogP) is 4.03. The number of para-hydroxylation sites is 1. The van der Waals surface area contributed by atoms with Crippen molar-refractivity contribution in [2.24, 2.45) is 5.92 Å². The Balaban J connectivity index is 1.44. The molecule has 2 heterocycles. The highest BCUT2D eigenvalue weighted by molar-refractivity contribution is 7.98. The second-order valence-electron chi connectivity index (χ2n) is 6.88. The molecule has 0 radical (unpaired) electrons. The van der Waals surface area contributed by atoms with E-state index in [1.807, 2.05) is 54.8 Å². The molecule has 0 bridgehead atoms. The maximum atomic E-state index is 12.9. The summed E-state index contributed by atoms with van der Waals surface area (Å²) >= 11 is 3.24. The molecule has 7 heteroatoms. The first-order chi connectivity index (χ1) is 13.5. The fraction of sp³-hybridized carbons (Fsp3) is 0.286. The maximum absolute atomic E-state index is 12.9. The molecule has 1 fully saturated rings. The zero-order valence-electron chi connectivity index (χ0n) is 15.8. The smallest absolute Gasteiger partial charge is 0.228 e. The molecule has 2 amide bonds. The molecule has 4 rings (SSSR count). The number of benzene rings is 2. The lowest BCUT2D eigenvalue weighted by Gasteiger charge is -2.21. The molecule has 144 valence electrons. The quantitative estimate of drug-likeness (QED) is 0.595. The number of hydrogen-bond acceptors (Lipinski definition) is 5. The molecule has 3 aromatic rings. The average Bonchev–Trinajstić information content (AvgIpc) is 3.30. The van der Waals surface area contributed by atoms with E-state index in [1.165, 1.54) is 0 Å². The van der Waals surface area contributed by atoms with E-state index in [4.69, 9.17) is 0 Å². The summed E-state index contributed by atoms with van der Waals surface area (Å²) in [5.41, 5.74) is 1.82. The van der Waals surface area contributed by atoms with Gasteiger partial charge in [-0.1, -0.05) is 18.2 Å². The van der Waals surface area contributed by atoms with Crippen LogP contribution in [0.25, 0.3) is 10.2 Å². The molecule has 1 unspecified atom stereocenters. The van der Waals surface area contributed by atoms with Gasteiger partial charge < -0.3 is 9.80 Å². The number of thioether (sulfide) groups is 1. The van der Waals surface area contributed by atoms with Crippen LogP contribution in [0.4, 0.5) is 5.69 Å². The largest absolute Gasteiger partial charge is 0.339 e. The first kappa shape index (κ1) is 19.0. The summed E-state index contributed by atoms with van der Waals surface area (Å²) in [4.78, 5) is 34.6. The second-order valence-corrected chi connectivity index (χ2v) is 8.87. The number of thiazole rings is 1. The Labute approximate surface area is 172 Å². The molecular weight excluding hydrogens is 390 g/mol. The minimum atomic E-state index is -0.315. The van der Waals surface area contributed by atoms with Crippen LogP contribution in [0.5, 0.6) is 0 Å². The predicted molar refractivity (Wildman–Crippen MR) is 115 cm³/mol. The maximum Gasteiger partial charge on any atom is 0.228 e. The first-order valence-corrected chi connectivity index (χ1v) is 11.1. The average molecular weight is 412 g/mol. The summed E-state index contributed by atoms with van der Waals surface area (Å²) in [6.07, 6.45) is 2.26. The second kappa shape index (κ2) is 7.93. The molecule has 0 aliphatic carbocycles. The van der Waals surface area contributed by atoms with Gasteiger partial charge in [-0.3, -0.25) is 9.59 Å². The van der Waals surface area contributed by atoms with Crippen molar-refractivity contribution in [2.45, 2.75) is 17.9 Å². The van der Waals surface area contributed by atoms with Gasteiger partial charge in [0.05, 0.1) is 22.7 Å². The van der Waals surface area contributed by atoms with E-state index in [1.54, 1.807) is 39.9 Å². The molecular formula is C21H21N3O2S2. The molecule has 1 saturated heterocycles. The molecule has 0 saturated carbocycles. The monoisotopic (exact) mass is 411 g/mol. The number of anilines is 1. The Hall–Kier alpha value is -2.38. The van der Waals surface area contributed by atoms with Crippen LogP contribution < -0.4 is 4.90 Å². The van der Waals surface area contributed by atoms with E-state index < -0.39 is 0 Å². The van der Waals surface area contributed by atoms with Crippen LogP contribution in [0.3, 0.4) is 0 Å². The number of amides is 2. The highest BCUT2D eigenvalue weighted by atomic mass is 32.2. The number of aromatic nitrogens is 1. The number of nitrogens with zero attached hydrogens (tertiary/aromatic N) is 3. The molecule has 2 aromatic carbocycles.